The molecule has 0 N–H and O–H groups in total. The minimum absolute atomic E-state index is 0.703. The predicted octanol–water partition coefficient (Wildman–Crippen LogP) is 7.46. The van der Waals surface area contributed by atoms with Gasteiger partial charge in [0.25, 0.3) is 0 Å². The molecule has 2 heteroatoms. The van der Waals surface area contributed by atoms with Gasteiger partial charge in [0.15, 0.2) is 11.5 Å². The maximum absolute atomic E-state index is 6.40. The zero-order valence-electron chi connectivity index (χ0n) is 16.1. The van der Waals surface area contributed by atoms with Gasteiger partial charge in [0.05, 0.1) is 7.11 Å². The lowest BCUT2D eigenvalue weighted by Gasteiger charge is -2.16. The number of ether oxygens (including phenoxy) is 2. The first-order valence-electron chi connectivity index (χ1n) is 9.65. The summed E-state index contributed by atoms with van der Waals surface area (Å²) in [5, 5.41) is 4.65. The van der Waals surface area contributed by atoms with E-state index < -0.39 is 0 Å². The average molecular weight is 376 g/mol. The van der Waals surface area contributed by atoms with Gasteiger partial charge < -0.3 is 9.47 Å². The third kappa shape index (κ3) is 3.19. The molecule has 0 aliphatic heterocycles. The minimum atomic E-state index is 0.703. The highest BCUT2D eigenvalue weighted by Gasteiger charge is 2.14. The van der Waals surface area contributed by atoms with Crippen LogP contribution in [0.3, 0.4) is 0 Å². The summed E-state index contributed by atoms with van der Waals surface area (Å²) in [7, 11) is 1.69. The summed E-state index contributed by atoms with van der Waals surface area (Å²) in [4.78, 5) is 0. The lowest BCUT2D eigenvalue weighted by Crippen LogP contribution is -1.94. The van der Waals surface area contributed by atoms with E-state index in [4.69, 9.17) is 9.47 Å². The van der Waals surface area contributed by atoms with Crippen LogP contribution in [-0.4, -0.2) is 7.11 Å². The zero-order chi connectivity index (χ0) is 19.6. The molecule has 0 aliphatic rings. The maximum Gasteiger partial charge on any atom is 0.169 e. The molecule has 0 bridgehead atoms. The molecule has 0 unspecified atom stereocenters. The van der Waals surface area contributed by atoms with Gasteiger partial charge in [-0.25, -0.2) is 0 Å². The van der Waals surface area contributed by atoms with Crippen molar-refractivity contribution in [3.8, 4) is 28.4 Å². The Bertz CT molecular complexity index is 1310. The van der Waals surface area contributed by atoms with E-state index in [1.165, 1.54) is 10.8 Å². The quantitative estimate of drug-likeness (QED) is 0.303. The van der Waals surface area contributed by atoms with E-state index >= 15 is 0 Å². The molecule has 5 aromatic carbocycles. The van der Waals surface area contributed by atoms with Crippen molar-refractivity contribution in [3.05, 3.63) is 103 Å². The van der Waals surface area contributed by atoms with Crippen LogP contribution in [-0.2, 0) is 0 Å². The van der Waals surface area contributed by atoms with Crippen LogP contribution in [0, 0.1) is 0 Å². The molecule has 0 aromatic heterocycles. The average Bonchev–Trinajstić information content (AvgIpc) is 2.78. The second-order valence-corrected chi connectivity index (χ2v) is 6.98. The van der Waals surface area contributed by atoms with Gasteiger partial charge in [0.1, 0.15) is 5.75 Å². The van der Waals surface area contributed by atoms with Crippen LogP contribution in [0.2, 0.25) is 0 Å². The Morgan fingerprint density at radius 3 is 2.00 bits per heavy atom. The topological polar surface area (TPSA) is 18.5 Å². The summed E-state index contributed by atoms with van der Waals surface area (Å²) in [5.41, 5.74) is 2.11. The van der Waals surface area contributed by atoms with Crippen molar-refractivity contribution in [1.82, 2.24) is 0 Å². The molecule has 0 atom stereocenters. The molecule has 0 saturated heterocycles. The van der Waals surface area contributed by atoms with Gasteiger partial charge >= 0.3 is 0 Å². The largest absolute Gasteiger partial charge is 0.492 e. The van der Waals surface area contributed by atoms with Crippen molar-refractivity contribution in [2.24, 2.45) is 0 Å². The normalized spacial score (nSPS) is 10.9. The van der Waals surface area contributed by atoms with Crippen LogP contribution >= 0.6 is 0 Å². The van der Waals surface area contributed by atoms with Crippen molar-refractivity contribution < 1.29 is 9.47 Å². The fraction of sp³-hybridized carbons (Fsp3) is 0.0370. The summed E-state index contributed by atoms with van der Waals surface area (Å²) < 4.78 is 12.2. The number of hydrogen-bond donors (Lipinski definition) is 0. The second kappa shape index (κ2) is 7.33. The molecule has 0 aliphatic carbocycles. The zero-order valence-corrected chi connectivity index (χ0v) is 16.1. The Hall–Kier alpha value is -3.78. The molecule has 2 nitrogen and oxygen atoms in total. The highest BCUT2D eigenvalue weighted by atomic mass is 16.5. The van der Waals surface area contributed by atoms with E-state index in [9.17, 15) is 0 Å². The summed E-state index contributed by atoms with van der Waals surface area (Å²) in [6, 6.07) is 35.1. The molecule has 0 amide bonds. The van der Waals surface area contributed by atoms with Crippen molar-refractivity contribution in [2.45, 2.75) is 0 Å². The van der Waals surface area contributed by atoms with Crippen LogP contribution in [0.1, 0.15) is 0 Å². The monoisotopic (exact) mass is 376 g/mol. The standard InChI is InChI=1S/C27H20O2/c1-28-27-23(19-9-3-2-4-10-19)14-8-16-26(27)29-25-15-7-13-22-17-20-11-5-6-12-21(20)18-24(22)25/h2-18H,1H3. The molecule has 0 spiro atoms. The number of para-hydroxylation sites is 1. The van der Waals surface area contributed by atoms with Gasteiger partial charge in [0, 0.05) is 10.9 Å². The summed E-state index contributed by atoms with van der Waals surface area (Å²) in [6.07, 6.45) is 0. The predicted molar refractivity (Wildman–Crippen MR) is 120 cm³/mol. The van der Waals surface area contributed by atoms with Crippen LogP contribution < -0.4 is 9.47 Å². The van der Waals surface area contributed by atoms with E-state index in [0.717, 1.165) is 33.4 Å². The molecular weight excluding hydrogens is 356 g/mol. The van der Waals surface area contributed by atoms with E-state index in [2.05, 4.69) is 60.7 Å². The van der Waals surface area contributed by atoms with E-state index in [-0.39, 0.29) is 0 Å². The van der Waals surface area contributed by atoms with Gasteiger partial charge in [-0.15, -0.1) is 0 Å². The fourth-order valence-electron chi connectivity index (χ4n) is 3.80. The van der Waals surface area contributed by atoms with Crippen molar-refractivity contribution in [2.75, 3.05) is 7.11 Å². The first kappa shape index (κ1) is 17.3. The molecule has 140 valence electrons. The number of methoxy groups -OCH3 is 1. The Labute approximate surface area is 170 Å². The third-order valence-electron chi connectivity index (χ3n) is 5.19. The highest BCUT2D eigenvalue weighted by molar-refractivity contribution is 6.01. The van der Waals surface area contributed by atoms with Crippen LogP contribution in [0.25, 0.3) is 32.7 Å². The van der Waals surface area contributed by atoms with Gasteiger partial charge in [-0.05, 0) is 46.0 Å². The van der Waals surface area contributed by atoms with Gasteiger partial charge in [-0.1, -0.05) is 78.9 Å². The maximum atomic E-state index is 6.40. The van der Waals surface area contributed by atoms with E-state index in [1.807, 2.05) is 42.5 Å². The molecule has 5 rings (SSSR count). The summed E-state index contributed by atoms with van der Waals surface area (Å²) >= 11 is 0. The lowest BCUT2D eigenvalue weighted by atomic mass is 10.0. The summed E-state index contributed by atoms with van der Waals surface area (Å²) in [5.74, 6) is 2.25. The number of hydrogen-bond acceptors (Lipinski definition) is 2. The van der Waals surface area contributed by atoms with E-state index in [0.29, 0.717) is 5.75 Å². The van der Waals surface area contributed by atoms with Gasteiger partial charge in [-0.3, -0.25) is 0 Å². The lowest BCUT2D eigenvalue weighted by molar-refractivity contribution is 0.381. The molecule has 29 heavy (non-hydrogen) atoms. The van der Waals surface area contributed by atoms with Gasteiger partial charge in [0.2, 0.25) is 0 Å². The van der Waals surface area contributed by atoms with Crippen LogP contribution in [0.4, 0.5) is 0 Å². The summed E-state index contributed by atoms with van der Waals surface area (Å²) in [6.45, 7) is 0. The SMILES string of the molecule is COc1c(Oc2cccc3cc4ccccc4cc23)cccc1-c1ccccc1. The molecule has 0 saturated carbocycles. The number of rotatable bonds is 4. The van der Waals surface area contributed by atoms with Crippen LogP contribution in [0.15, 0.2) is 103 Å². The van der Waals surface area contributed by atoms with Gasteiger partial charge in [-0.2, -0.15) is 0 Å². The third-order valence-corrected chi connectivity index (χ3v) is 5.19. The molecular formula is C27H20O2. The molecule has 5 aromatic rings. The Morgan fingerprint density at radius 2 is 1.21 bits per heavy atom. The first-order valence-corrected chi connectivity index (χ1v) is 9.65. The first-order chi connectivity index (χ1) is 14.3. The second-order valence-electron chi connectivity index (χ2n) is 6.98. The Kier molecular flexibility index (Phi) is 4.38. The Morgan fingerprint density at radius 1 is 0.552 bits per heavy atom. The highest BCUT2D eigenvalue weighted by Crippen LogP contribution is 2.41. The Balaban J connectivity index is 1.64. The smallest absolute Gasteiger partial charge is 0.169 e. The molecule has 0 fully saturated rings. The molecule has 0 heterocycles. The van der Waals surface area contributed by atoms with Crippen molar-refractivity contribution in [3.63, 3.8) is 0 Å². The van der Waals surface area contributed by atoms with Crippen molar-refractivity contribution in [1.29, 1.82) is 0 Å². The van der Waals surface area contributed by atoms with Crippen LogP contribution in [0.5, 0.6) is 17.2 Å². The van der Waals surface area contributed by atoms with Crippen molar-refractivity contribution >= 4 is 21.5 Å². The molecule has 0 radical (unpaired) electrons. The number of benzene rings is 5. The number of fused-ring (bicyclic) bond motifs is 2. The fourth-order valence-corrected chi connectivity index (χ4v) is 3.80. The minimum Gasteiger partial charge on any atom is -0.492 e. The van der Waals surface area contributed by atoms with E-state index in [1.54, 1.807) is 7.11 Å².